The lowest BCUT2D eigenvalue weighted by atomic mass is 10.2. The van der Waals surface area contributed by atoms with Gasteiger partial charge in [-0.3, -0.25) is 0 Å². The first kappa shape index (κ1) is 14.8. The molecule has 0 heterocycles. The van der Waals surface area contributed by atoms with Crippen molar-refractivity contribution < 1.29 is 9.84 Å². The summed E-state index contributed by atoms with van der Waals surface area (Å²) in [4.78, 5) is 2.30. The van der Waals surface area contributed by atoms with Crippen molar-refractivity contribution in [2.24, 2.45) is 0 Å². The topological polar surface area (TPSA) is 32.7 Å². The van der Waals surface area contributed by atoms with Crippen LogP contribution in [0.5, 0.6) is 11.5 Å². The molecule has 0 bridgehead atoms. The minimum absolute atomic E-state index is 0.274. The van der Waals surface area contributed by atoms with Gasteiger partial charge in [0.2, 0.25) is 0 Å². The quantitative estimate of drug-likeness (QED) is 0.684. The maximum Gasteiger partial charge on any atom is 0.119 e. The van der Waals surface area contributed by atoms with E-state index in [0.29, 0.717) is 6.61 Å². The Hall–Kier alpha value is -1.22. The molecule has 0 fully saturated rings. The van der Waals surface area contributed by atoms with E-state index < -0.39 is 0 Å². The zero-order valence-corrected chi connectivity index (χ0v) is 11.6. The van der Waals surface area contributed by atoms with Crippen molar-refractivity contribution in [3.05, 3.63) is 24.3 Å². The summed E-state index contributed by atoms with van der Waals surface area (Å²) < 4.78 is 5.61. The second kappa shape index (κ2) is 8.81. The van der Waals surface area contributed by atoms with Crippen LogP contribution in [0.4, 0.5) is 0 Å². The Kier molecular flexibility index (Phi) is 7.26. The fourth-order valence-electron chi connectivity index (χ4n) is 1.78. The summed E-state index contributed by atoms with van der Waals surface area (Å²) in [5, 5.41) is 9.15. The smallest absolute Gasteiger partial charge is 0.119 e. The van der Waals surface area contributed by atoms with Gasteiger partial charge < -0.3 is 14.7 Å². The fourth-order valence-corrected chi connectivity index (χ4v) is 1.78. The Bertz CT molecular complexity index is 311. The largest absolute Gasteiger partial charge is 0.508 e. The maximum absolute atomic E-state index is 9.15. The second-order valence-electron chi connectivity index (χ2n) is 4.71. The first-order valence-corrected chi connectivity index (χ1v) is 6.82. The summed E-state index contributed by atoms with van der Waals surface area (Å²) in [6.07, 6.45) is 5.20. The van der Waals surface area contributed by atoms with E-state index in [9.17, 15) is 0 Å². The third-order valence-corrected chi connectivity index (χ3v) is 2.97. The minimum Gasteiger partial charge on any atom is -0.508 e. The molecule has 102 valence electrons. The highest BCUT2D eigenvalue weighted by molar-refractivity contribution is 5.29. The summed E-state index contributed by atoms with van der Waals surface area (Å²) in [6.45, 7) is 5.00. The Balaban J connectivity index is 2.07. The molecule has 0 radical (unpaired) electrons. The van der Waals surface area contributed by atoms with Gasteiger partial charge in [0.25, 0.3) is 0 Å². The van der Waals surface area contributed by atoms with Gasteiger partial charge in [0.05, 0.1) is 0 Å². The lowest BCUT2D eigenvalue weighted by Gasteiger charge is -2.16. The highest BCUT2D eigenvalue weighted by atomic mass is 16.5. The Morgan fingerprint density at radius 2 is 1.78 bits per heavy atom. The highest BCUT2D eigenvalue weighted by Gasteiger charge is 1.99. The number of rotatable bonds is 9. The first-order valence-electron chi connectivity index (χ1n) is 6.82. The predicted molar refractivity (Wildman–Crippen MR) is 75.2 cm³/mol. The molecule has 1 rings (SSSR count). The molecule has 18 heavy (non-hydrogen) atoms. The molecule has 1 aromatic carbocycles. The number of hydrogen-bond acceptors (Lipinski definition) is 3. The molecule has 0 aromatic heterocycles. The van der Waals surface area contributed by atoms with Crippen LogP contribution in [-0.4, -0.2) is 36.8 Å². The van der Waals surface area contributed by atoms with E-state index in [2.05, 4.69) is 18.9 Å². The van der Waals surface area contributed by atoms with Crippen LogP contribution in [0.15, 0.2) is 24.3 Å². The molecule has 0 atom stereocenters. The van der Waals surface area contributed by atoms with E-state index in [4.69, 9.17) is 9.84 Å². The van der Waals surface area contributed by atoms with Gasteiger partial charge in [-0.1, -0.05) is 26.2 Å². The molecule has 0 aliphatic carbocycles. The van der Waals surface area contributed by atoms with Crippen molar-refractivity contribution in [3.8, 4) is 11.5 Å². The van der Waals surface area contributed by atoms with Crippen LogP contribution in [-0.2, 0) is 0 Å². The Labute approximate surface area is 110 Å². The standard InChI is InChI=1S/C15H25NO2/c1-3-4-5-6-11-16(2)12-13-18-15-9-7-14(17)8-10-15/h7-10,17H,3-6,11-13H2,1-2H3. The van der Waals surface area contributed by atoms with Crippen LogP contribution < -0.4 is 4.74 Å². The van der Waals surface area contributed by atoms with Gasteiger partial charge in [-0.25, -0.2) is 0 Å². The van der Waals surface area contributed by atoms with E-state index in [1.165, 1.54) is 25.7 Å². The molecular weight excluding hydrogens is 226 g/mol. The SMILES string of the molecule is CCCCCCN(C)CCOc1ccc(O)cc1. The third-order valence-electron chi connectivity index (χ3n) is 2.97. The van der Waals surface area contributed by atoms with Crippen LogP contribution in [0.3, 0.4) is 0 Å². The van der Waals surface area contributed by atoms with Crippen molar-refractivity contribution in [2.75, 3.05) is 26.7 Å². The van der Waals surface area contributed by atoms with Gasteiger partial charge >= 0.3 is 0 Å². The number of nitrogens with zero attached hydrogens (tertiary/aromatic N) is 1. The number of unbranched alkanes of at least 4 members (excludes halogenated alkanes) is 3. The van der Waals surface area contributed by atoms with Gasteiger partial charge in [-0.05, 0) is 44.3 Å². The van der Waals surface area contributed by atoms with Crippen molar-refractivity contribution in [1.82, 2.24) is 4.90 Å². The fraction of sp³-hybridized carbons (Fsp3) is 0.600. The molecule has 0 saturated heterocycles. The molecular formula is C15H25NO2. The molecule has 0 aliphatic rings. The van der Waals surface area contributed by atoms with Gasteiger partial charge in [0.1, 0.15) is 18.1 Å². The number of aromatic hydroxyl groups is 1. The normalized spacial score (nSPS) is 10.8. The second-order valence-corrected chi connectivity index (χ2v) is 4.71. The summed E-state index contributed by atoms with van der Waals surface area (Å²) in [5.74, 6) is 1.09. The molecule has 1 aromatic rings. The lowest BCUT2D eigenvalue weighted by Crippen LogP contribution is -2.25. The number of likely N-dealkylation sites (N-methyl/N-ethyl adjacent to an activating group) is 1. The number of hydrogen-bond donors (Lipinski definition) is 1. The van der Waals surface area contributed by atoms with Crippen molar-refractivity contribution in [3.63, 3.8) is 0 Å². The number of benzene rings is 1. The first-order chi connectivity index (χ1) is 8.72. The summed E-state index contributed by atoms with van der Waals surface area (Å²) in [7, 11) is 2.13. The number of phenols is 1. The molecule has 0 saturated carbocycles. The highest BCUT2D eigenvalue weighted by Crippen LogP contribution is 2.15. The van der Waals surface area contributed by atoms with Crippen LogP contribution in [0.25, 0.3) is 0 Å². The zero-order valence-electron chi connectivity index (χ0n) is 11.6. The summed E-state index contributed by atoms with van der Waals surface area (Å²) in [6, 6.07) is 6.86. The van der Waals surface area contributed by atoms with Gasteiger partial charge in [-0.15, -0.1) is 0 Å². The van der Waals surface area contributed by atoms with Crippen LogP contribution in [0.2, 0.25) is 0 Å². The number of phenolic OH excluding ortho intramolecular Hbond substituents is 1. The zero-order chi connectivity index (χ0) is 13.2. The molecule has 0 spiro atoms. The minimum atomic E-state index is 0.274. The van der Waals surface area contributed by atoms with E-state index in [1.807, 2.05) is 0 Å². The third kappa shape index (κ3) is 6.50. The van der Waals surface area contributed by atoms with Crippen LogP contribution in [0, 0.1) is 0 Å². The van der Waals surface area contributed by atoms with Gasteiger partial charge in [0.15, 0.2) is 0 Å². The average Bonchev–Trinajstić information content (AvgIpc) is 2.37. The van der Waals surface area contributed by atoms with E-state index >= 15 is 0 Å². The van der Waals surface area contributed by atoms with Crippen molar-refractivity contribution in [1.29, 1.82) is 0 Å². The molecule has 0 amide bonds. The molecule has 3 nitrogen and oxygen atoms in total. The van der Waals surface area contributed by atoms with Gasteiger partial charge in [0, 0.05) is 6.54 Å². The summed E-state index contributed by atoms with van der Waals surface area (Å²) >= 11 is 0. The average molecular weight is 251 g/mol. The van der Waals surface area contributed by atoms with Gasteiger partial charge in [-0.2, -0.15) is 0 Å². The Morgan fingerprint density at radius 3 is 2.44 bits per heavy atom. The maximum atomic E-state index is 9.15. The molecule has 3 heteroatoms. The van der Waals surface area contributed by atoms with E-state index in [-0.39, 0.29) is 5.75 Å². The van der Waals surface area contributed by atoms with Crippen LogP contribution >= 0.6 is 0 Å². The number of ether oxygens (including phenoxy) is 1. The Morgan fingerprint density at radius 1 is 1.06 bits per heavy atom. The summed E-state index contributed by atoms with van der Waals surface area (Å²) in [5.41, 5.74) is 0. The van der Waals surface area contributed by atoms with E-state index in [1.54, 1.807) is 24.3 Å². The lowest BCUT2D eigenvalue weighted by molar-refractivity contribution is 0.234. The monoisotopic (exact) mass is 251 g/mol. The molecule has 1 N–H and O–H groups in total. The van der Waals surface area contributed by atoms with Crippen LogP contribution in [0.1, 0.15) is 32.6 Å². The van der Waals surface area contributed by atoms with E-state index in [0.717, 1.165) is 18.8 Å². The molecule has 0 aliphatic heterocycles. The predicted octanol–water partition coefficient (Wildman–Crippen LogP) is 3.28. The molecule has 0 unspecified atom stereocenters. The van der Waals surface area contributed by atoms with Crippen molar-refractivity contribution in [2.45, 2.75) is 32.6 Å². The van der Waals surface area contributed by atoms with Crippen molar-refractivity contribution >= 4 is 0 Å².